The summed E-state index contributed by atoms with van der Waals surface area (Å²) in [7, 11) is 0. The van der Waals surface area contributed by atoms with E-state index in [9.17, 15) is 14.3 Å². The molecule has 1 atom stereocenters. The van der Waals surface area contributed by atoms with Gasteiger partial charge in [-0.25, -0.2) is 14.4 Å². The Morgan fingerprint density at radius 3 is 2.77 bits per heavy atom. The van der Waals surface area contributed by atoms with Gasteiger partial charge in [0.2, 0.25) is 0 Å². The van der Waals surface area contributed by atoms with Crippen molar-refractivity contribution in [3.05, 3.63) is 77.6 Å². The van der Waals surface area contributed by atoms with E-state index >= 15 is 0 Å². The molecule has 0 saturated heterocycles. The zero-order chi connectivity index (χ0) is 21.4. The Kier molecular flexibility index (Phi) is 4.93. The number of nitrogens with one attached hydrogen (secondary N) is 1. The van der Waals surface area contributed by atoms with E-state index in [2.05, 4.69) is 15.3 Å². The second kappa shape index (κ2) is 7.57. The number of hydrogen-bond acceptors (Lipinski definition) is 5. The summed E-state index contributed by atoms with van der Waals surface area (Å²) in [6.07, 6.45) is 1.94. The van der Waals surface area contributed by atoms with Crippen molar-refractivity contribution in [1.82, 2.24) is 14.4 Å². The quantitative estimate of drug-likeness (QED) is 0.483. The molecular formula is C22H20FN5O2. The molecular weight excluding hydrogens is 385 g/mol. The molecule has 2 aromatic heterocycles. The zero-order valence-corrected chi connectivity index (χ0v) is 16.4. The molecule has 0 radical (unpaired) electrons. The number of nitrogens with two attached hydrogens (primary N) is 1. The molecule has 30 heavy (non-hydrogen) atoms. The first-order valence-corrected chi connectivity index (χ1v) is 9.29. The van der Waals surface area contributed by atoms with Crippen LogP contribution in [0.15, 0.2) is 54.9 Å². The fourth-order valence-corrected chi connectivity index (χ4v) is 3.45. The molecule has 0 aliphatic rings. The molecule has 7 nitrogen and oxygen atoms in total. The van der Waals surface area contributed by atoms with Crippen LogP contribution >= 0.6 is 0 Å². The maximum atomic E-state index is 13.4. The first-order chi connectivity index (χ1) is 14.3. The van der Waals surface area contributed by atoms with Gasteiger partial charge in [-0.3, -0.25) is 9.20 Å². The molecule has 4 aromatic rings. The summed E-state index contributed by atoms with van der Waals surface area (Å²) in [6.45, 7) is 3.77. The highest BCUT2D eigenvalue weighted by Gasteiger charge is 2.19. The second-order valence-electron chi connectivity index (χ2n) is 7.02. The Hall–Kier alpha value is -3.78. The number of fused-ring (bicyclic) bond motifs is 1. The molecule has 4 rings (SSSR count). The number of halogens is 1. The van der Waals surface area contributed by atoms with E-state index in [4.69, 9.17) is 5.73 Å². The molecule has 8 heteroatoms. The van der Waals surface area contributed by atoms with Crippen LogP contribution in [0.25, 0.3) is 16.8 Å². The Morgan fingerprint density at radius 1 is 1.23 bits per heavy atom. The van der Waals surface area contributed by atoms with Gasteiger partial charge >= 0.3 is 0 Å². The Morgan fingerprint density at radius 2 is 2.03 bits per heavy atom. The van der Waals surface area contributed by atoms with Crippen LogP contribution in [0, 0.1) is 19.7 Å². The smallest absolute Gasteiger partial charge is 0.257 e. The van der Waals surface area contributed by atoms with Gasteiger partial charge in [0.25, 0.3) is 5.91 Å². The average molecular weight is 405 g/mol. The summed E-state index contributed by atoms with van der Waals surface area (Å²) < 4.78 is 15.2. The summed E-state index contributed by atoms with van der Waals surface area (Å²) >= 11 is 0. The van der Waals surface area contributed by atoms with Crippen molar-refractivity contribution in [3.8, 4) is 11.3 Å². The largest absolute Gasteiger partial charge is 0.382 e. The van der Waals surface area contributed by atoms with Gasteiger partial charge in [-0.2, -0.15) is 0 Å². The molecule has 0 aliphatic carbocycles. The number of nitrogen functional groups attached to an aromatic ring is 1. The van der Waals surface area contributed by atoms with Gasteiger partial charge in [-0.05, 0) is 49.2 Å². The van der Waals surface area contributed by atoms with Gasteiger partial charge in [0.05, 0.1) is 0 Å². The first-order valence-electron chi connectivity index (χ1n) is 9.29. The number of aryl methyl sites for hydroxylation is 2. The van der Waals surface area contributed by atoms with Crippen LogP contribution < -0.4 is 11.1 Å². The maximum absolute atomic E-state index is 13.4. The third-order valence-corrected chi connectivity index (χ3v) is 4.92. The topological polar surface area (TPSA) is 106 Å². The molecule has 4 N–H and O–H groups in total. The van der Waals surface area contributed by atoms with Crippen LogP contribution in [0.5, 0.6) is 0 Å². The van der Waals surface area contributed by atoms with Crippen LogP contribution in [-0.2, 0) is 4.79 Å². The minimum Gasteiger partial charge on any atom is -0.382 e. The second-order valence-corrected chi connectivity index (χ2v) is 7.02. The highest BCUT2D eigenvalue weighted by Crippen LogP contribution is 2.31. The monoisotopic (exact) mass is 405 g/mol. The molecule has 0 unspecified atom stereocenters. The highest BCUT2D eigenvalue weighted by molar-refractivity contribution is 5.95. The van der Waals surface area contributed by atoms with Crippen molar-refractivity contribution in [2.45, 2.75) is 20.0 Å². The van der Waals surface area contributed by atoms with Crippen LogP contribution in [0.2, 0.25) is 0 Å². The van der Waals surface area contributed by atoms with E-state index in [0.29, 0.717) is 17.2 Å². The fourth-order valence-electron chi connectivity index (χ4n) is 3.45. The van der Waals surface area contributed by atoms with Crippen LogP contribution in [0.4, 0.5) is 15.9 Å². The Labute approximate surface area is 172 Å². The van der Waals surface area contributed by atoms with Gasteiger partial charge in [0.1, 0.15) is 28.7 Å². The summed E-state index contributed by atoms with van der Waals surface area (Å²) in [5.74, 6) is -0.00688. The first kappa shape index (κ1) is 19.5. The Bertz CT molecular complexity index is 1270. The molecule has 2 heterocycles. The number of carbonyl (C=O) groups excluding carboxylic acids is 1. The number of nitrogens with zero attached hydrogens (tertiary/aromatic N) is 3. The van der Waals surface area contributed by atoms with E-state index < -0.39 is 17.8 Å². The lowest BCUT2D eigenvalue weighted by atomic mass is 10.0. The maximum Gasteiger partial charge on any atom is 0.257 e. The predicted molar refractivity (Wildman–Crippen MR) is 112 cm³/mol. The summed E-state index contributed by atoms with van der Waals surface area (Å²) in [4.78, 5) is 21.2. The van der Waals surface area contributed by atoms with E-state index in [1.165, 1.54) is 18.2 Å². The van der Waals surface area contributed by atoms with Crippen molar-refractivity contribution in [2.24, 2.45) is 0 Å². The van der Waals surface area contributed by atoms with Crippen LogP contribution in [0.3, 0.4) is 0 Å². The third-order valence-electron chi connectivity index (χ3n) is 4.92. The number of amides is 1. The molecule has 0 aliphatic heterocycles. The lowest BCUT2D eigenvalue weighted by Crippen LogP contribution is -2.21. The van der Waals surface area contributed by atoms with Crippen LogP contribution in [-0.4, -0.2) is 25.4 Å². The van der Waals surface area contributed by atoms with Crippen molar-refractivity contribution < 1.29 is 14.3 Å². The minimum absolute atomic E-state index is 0.184. The molecule has 1 amide bonds. The lowest BCUT2D eigenvalue weighted by Gasteiger charge is -2.13. The molecule has 152 valence electrons. The van der Waals surface area contributed by atoms with Gasteiger partial charge in [-0.1, -0.05) is 18.2 Å². The molecule has 0 saturated carbocycles. The number of aliphatic hydroxyl groups is 1. The minimum atomic E-state index is -1.48. The van der Waals surface area contributed by atoms with Crippen molar-refractivity contribution >= 4 is 22.9 Å². The van der Waals surface area contributed by atoms with Crippen LogP contribution in [0.1, 0.15) is 23.1 Å². The van der Waals surface area contributed by atoms with Crippen molar-refractivity contribution in [3.63, 3.8) is 0 Å². The summed E-state index contributed by atoms with van der Waals surface area (Å²) in [5, 5.41) is 12.9. The number of anilines is 2. The number of aromatic nitrogens is 3. The summed E-state index contributed by atoms with van der Waals surface area (Å²) in [6, 6.07) is 10.6. The number of imidazole rings is 1. The average Bonchev–Trinajstić information content (AvgIpc) is 3.05. The normalized spacial score (nSPS) is 12.1. The molecule has 0 bridgehead atoms. The number of hydrogen-bond donors (Lipinski definition) is 3. The van der Waals surface area contributed by atoms with E-state index in [1.54, 1.807) is 24.5 Å². The van der Waals surface area contributed by atoms with E-state index in [1.807, 2.05) is 24.3 Å². The lowest BCUT2D eigenvalue weighted by molar-refractivity contribution is -0.124. The van der Waals surface area contributed by atoms with Gasteiger partial charge in [0.15, 0.2) is 6.10 Å². The number of rotatable bonds is 4. The zero-order valence-electron chi connectivity index (χ0n) is 16.4. The van der Waals surface area contributed by atoms with E-state index in [-0.39, 0.29) is 5.56 Å². The SMILES string of the molecule is Cc1cc(NC(=O)[C@@H](O)c2cccc(F)c2)ccc1-c1nc(C)n2ccnc(N)c12. The van der Waals surface area contributed by atoms with E-state index in [0.717, 1.165) is 28.5 Å². The predicted octanol–water partition coefficient (Wildman–Crippen LogP) is 3.41. The van der Waals surface area contributed by atoms with Gasteiger partial charge in [-0.15, -0.1) is 0 Å². The van der Waals surface area contributed by atoms with Gasteiger partial charge < -0.3 is 16.2 Å². The van der Waals surface area contributed by atoms with Crippen molar-refractivity contribution in [2.75, 3.05) is 11.1 Å². The number of aliphatic hydroxyl groups excluding tert-OH is 1. The molecule has 2 aromatic carbocycles. The Balaban J connectivity index is 1.62. The third kappa shape index (κ3) is 3.48. The summed E-state index contributed by atoms with van der Waals surface area (Å²) in [5.41, 5.74) is 9.89. The standard InChI is InChI=1S/C22H20FN5O2/c1-12-10-16(27-22(30)20(29)14-4-3-5-15(23)11-14)6-7-17(12)18-19-21(24)25-8-9-28(19)13(2)26-18/h3-11,20,29H,1-2H3,(H2,24,25)(H,27,30)/t20-/m0/s1. The molecule has 0 spiro atoms. The number of carbonyl (C=O) groups is 1. The van der Waals surface area contributed by atoms with Crippen molar-refractivity contribution in [1.29, 1.82) is 0 Å². The molecule has 0 fully saturated rings. The highest BCUT2D eigenvalue weighted by atomic mass is 19.1. The number of benzene rings is 2. The van der Waals surface area contributed by atoms with Gasteiger partial charge in [0, 0.05) is 23.6 Å². The fraction of sp³-hybridized carbons (Fsp3) is 0.136.